The topological polar surface area (TPSA) is 82.0 Å². The van der Waals surface area contributed by atoms with Crippen molar-refractivity contribution in [3.8, 4) is 0 Å². The van der Waals surface area contributed by atoms with Gasteiger partial charge in [-0.3, -0.25) is 10.1 Å². The van der Waals surface area contributed by atoms with Crippen LogP contribution in [0, 0.1) is 10.1 Å². The standard InChI is InChI=1S/C6H9N3O2S/c1-6(2,7)5-8-3-4(12-5)9(10)11/h3H,7H2,1-2H3. The van der Waals surface area contributed by atoms with E-state index in [1.54, 1.807) is 13.8 Å². The first-order valence-corrected chi connectivity index (χ1v) is 4.12. The Morgan fingerprint density at radius 1 is 1.75 bits per heavy atom. The van der Waals surface area contributed by atoms with E-state index in [0.717, 1.165) is 11.3 Å². The number of nitrogens with two attached hydrogens (primary N) is 1. The van der Waals surface area contributed by atoms with Crippen molar-refractivity contribution in [2.75, 3.05) is 0 Å². The predicted molar refractivity (Wildman–Crippen MR) is 46.0 cm³/mol. The maximum Gasteiger partial charge on any atom is 0.344 e. The van der Waals surface area contributed by atoms with Crippen LogP contribution in [0.2, 0.25) is 0 Å². The summed E-state index contributed by atoms with van der Waals surface area (Å²) in [4.78, 5) is 13.7. The fourth-order valence-corrected chi connectivity index (χ4v) is 1.39. The lowest BCUT2D eigenvalue weighted by atomic mass is 10.1. The highest BCUT2D eigenvalue weighted by Gasteiger charge is 2.21. The molecule has 0 unspecified atom stereocenters. The fraction of sp³-hybridized carbons (Fsp3) is 0.500. The number of aromatic nitrogens is 1. The maximum absolute atomic E-state index is 10.3. The van der Waals surface area contributed by atoms with Crippen LogP contribution in [0.25, 0.3) is 0 Å². The maximum atomic E-state index is 10.3. The molecule has 0 aromatic carbocycles. The lowest BCUT2D eigenvalue weighted by Crippen LogP contribution is -2.28. The summed E-state index contributed by atoms with van der Waals surface area (Å²) >= 11 is 1.01. The quantitative estimate of drug-likeness (QED) is 0.558. The SMILES string of the molecule is CC(C)(N)c1ncc([N+](=O)[O-])s1. The third-order valence-electron chi connectivity index (χ3n) is 1.22. The van der Waals surface area contributed by atoms with Crippen molar-refractivity contribution in [1.29, 1.82) is 0 Å². The highest BCUT2D eigenvalue weighted by Crippen LogP contribution is 2.27. The molecule has 1 aromatic rings. The van der Waals surface area contributed by atoms with E-state index in [2.05, 4.69) is 4.98 Å². The molecule has 66 valence electrons. The molecular formula is C6H9N3O2S. The molecular weight excluding hydrogens is 178 g/mol. The number of thiazole rings is 1. The molecule has 0 saturated carbocycles. The van der Waals surface area contributed by atoms with Crippen molar-refractivity contribution in [1.82, 2.24) is 4.98 Å². The van der Waals surface area contributed by atoms with Crippen LogP contribution in [0.4, 0.5) is 5.00 Å². The summed E-state index contributed by atoms with van der Waals surface area (Å²) in [6.45, 7) is 3.52. The summed E-state index contributed by atoms with van der Waals surface area (Å²) in [6, 6.07) is 0. The van der Waals surface area contributed by atoms with Gasteiger partial charge in [-0.15, -0.1) is 0 Å². The number of hydrogen-bond acceptors (Lipinski definition) is 5. The van der Waals surface area contributed by atoms with Crippen LogP contribution in [0.1, 0.15) is 18.9 Å². The Balaban J connectivity index is 3.00. The molecule has 0 aliphatic rings. The smallest absolute Gasteiger partial charge is 0.320 e. The second kappa shape index (κ2) is 2.80. The zero-order chi connectivity index (χ0) is 9.35. The second-order valence-corrected chi connectivity index (χ2v) is 3.99. The zero-order valence-electron chi connectivity index (χ0n) is 6.77. The van der Waals surface area contributed by atoms with E-state index < -0.39 is 10.5 Å². The molecule has 0 atom stereocenters. The van der Waals surface area contributed by atoms with Gasteiger partial charge in [-0.25, -0.2) is 4.98 Å². The molecule has 0 radical (unpaired) electrons. The van der Waals surface area contributed by atoms with Gasteiger partial charge in [0.1, 0.15) is 11.2 Å². The van der Waals surface area contributed by atoms with E-state index >= 15 is 0 Å². The highest BCUT2D eigenvalue weighted by atomic mass is 32.1. The van der Waals surface area contributed by atoms with Gasteiger partial charge >= 0.3 is 5.00 Å². The molecule has 0 fully saturated rings. The minimum absolute atomic E-state index is 0.0310. The number of hydrogen-bond donors (Lipinski definition) is 1. The van der Waals surface area contributed by atoms with Gasteiger partial charge in [-0.1, -0.05) is 0 Å². The Kier molecular flexibility index (Phi) is 2.12. The average Bonchev–Trinajstić information content (AvgIpc) is 2.30. The van der Waals surface area contributed by atoms with Gasteiger partial charge in [0, 0.05) is 0 Å². The van der Waals surface area contributed by atoms with Crippen molar-refractivity contribution in [2.45, 2.75) is 19.4 Å². The van der Waals surface area contributed by atoms with Crippen LogP contribution < -0.4 is 5.73 Å². The summed E-state index contributed by atoms with van der Waals surface area (Å²) in [5.74, 6) is 0. The zero-order valence-corrected chi connectivity index (χ0v) is 7.59. The Bertz CT molecular complexity index is 302. The van der Waals surface area contributed by atoms with Crippen LogP contribution in [0.15, 0.2) is 6.20 Å². The van der Waals surface area contributed by atoms with Crippen LogP contribution in [0.5, 0.6) is 0 Å². The molecule has 0 amide bonds. The first kappa shape index (κ1) is 9.08. The van der Waals surface area contributed by atoms with Crippen LogP contribution in [0.3, 0.4) is 0 Å². The molecule has 0 spiro atoms. The molecule has 1 rings (SSSR count). The van der Waals surface area contributed by atoms with Crippen molar-refractivity contribution >= 4 is 16.3 Å². The fourth-order valence-electron chi connectivity index (χ4n) is 0.648. The Morgan fingerprint density at radius 3 is 2.58 bits per heavy atom. The predicted octanol–water partition coefficient (Wildman–Crippen LogP) is 1.25. The van der Waals surface area contributed by atoms with Crippen molar-refractivity contribution in [2.24, 2.45) is 5.73 Å². The van der Waals surface area contributed by atoms with Gasteiger partial charge < -0.3 is 5.73 Å². The van der Waals surface area contributed by atoms with E-state index in [-0.39, 0.29) is 5.00 Å². The first-order valence-electron chi connectivity index (χ1n) is 3.31. The summed E-state index contributed by atoms with van der Waals surface area (Å²) < 4.78 is 0. The average molecular weight is 187 g/mol. The van der Waals surface area contributed by atoms with Crippen LogP contribution in [-0.2, 0) is 5.54 Å². The third kappa shape index (κ3) is 1.77. The lowest BCUT2D eigenvalue weighted by Gasteiger charge is -2.12. The molecule has 2 N–H and O–H groups in total. The Morgan fingerprint density at radius 2 is 2.33 bits per heavy atom. The van der Waals surface area contributed by atoms with Crippen molar-refractivity contribution in [3.05, 3.63) is 21.3 Å². The van der Waals surface area contributed by atoms with Gasteiger partial charge in [-0.2, -0.15) is 0 Å². The van der Waals surface area contributed by atoms with E-state index in [9.17, 15) is 10.1 Å². The van der Waals surface area contributed by atoms with Crippen molar-refractivity contribution < 1.29 is 4.92 Å². The summed E-state index contributed by atoms with van der Waals surface area (Å²) in [5, 5.41) is 10.9. The monoisotopic (exact) mass is 187 g/mol. The summed E-state index contributed by atoms with van der Waals surface area (Å²) in [6.07, 6.45) is 1.23. The van der Waals surface area contributed by atoms with Gasteiger partial charge in [0.15, 0.2) is 0 Å². The minimum atomic E-state index is -0.598. The normalized spacial score (nSPS) is 11.6. The molecule has 5 nitrogen and oxygen atoms in total. The molecule has 12 heavy (non-hydrogen) atoms. The second-order valence-electron chi connectivity index (χ2n) is 2.98. The van der Waals surface area contributed by atoms with E-state index in [4.69, 9.17) is 5.73 Å². The van der Waals surface area contributed by atoms with Gasteiger partial charge in [0.2, 0.25) is 0 Å². The summed E-state index contributed by atoms with van der Waals surface area (Å²) in [5.41, 5.74) is 5.10. The first-order chi connectivity index (χ1) is 5.41. The molecule has 0 aliphatic carbocycles. The third-order valence-corrected chi connectivity index (χ3v) is 2.51. The minimum Gasteiger partial charge on any atom is -0.320 e. The lowest BCUT2D eigenvalue weighted by molar-refractivity contribution is -0.380. The molecule has 1 aromatic heterocycles. The van der Waals surface area contributed by atoms with Crippen LogP contribution in [-0.4, -0.2) is 9.91 Å². The molecule has 0 bridgehead atoms. The van der Waals surface area contributed by atoms with Gasteiger partial charge in [0.05, 0.1) is 10.5 Å². The Hall–Kier alpha value is -1.01. The summed E-state index contributed by atoms with van der Waals surface area (Å²) in [7, 11) is 0. The largest absolute Gasteiger partial charge is 0.344 e. The van der Waals surface area contributed by atoms with Gasteiger partial charge in [0.25, 0.3) is 0 Å². The number of nitro groups is 1. The molecule has 6 heteroatoms. The van der Waals surface area contributed by atoms with Crippen LogP contribution >= 0.6 is 11.3 Å². The van der Waals surface area contributed by atoms with E-state index in [1.807, 2.05) is 0 Å². The Labute approximate surface area is 73.4 Å². The van der Waals surface area contributed by atoms with E-state index in [0.29, 0.717) is 5.01 Å². The van der Waals surface area contributed by atoms with Crippen molar-refractivity contribution in [3.63, 3.8) is 0 Å². The van der Waals surface area contributed by atoms with E-state index in [1.165, 1.54) is 6.20 Å². The highest BCUT2D eigenvalue weighted by molar-refractivity contribution is 7.15. The number of rotatable bonds is 2. The molecule has 0 saturated heterocycles. The van der Waals surface area contributed by atoms with Gasteiger partial charge in [-0.05, 0) is 25.2 Å². The molecule has 1 heterocycles. The number of nitrogens with zero attached hydrogens (tertiary/aromatic N) is 2. The molecule has 0 aliphatic heterocycles.